The summed E-state index contributed by atoms with van der Waals surface area (Å²) in [5.41, 5.74) is 1.53. The third-order valence-electron chi connectivity index (χ3n) is 8.50. The van der Waals surface area contributed by atoms with E-state index in [1.807, 2.05) is 62.4 Å². The van der Waals surface area contributed by atoms with E-state index < -0.39 is 34.6 Å². The fraction of sp³-hybridized carbons (Fsp3) is 0.519. The van der Waals surface area contributed by atoms with Crippen molar-refractivity contribution in [3.05, 3.63) is 48.6 Å². The van der Waals surface area contributed by atoms with Gasteiger partial charge in [0.05, 0.1) is 34.7 Å². The fourth-order valence-corrected chi connectivity index (χ4v) is 8.43. The molecule has 7 atom stereocenters. The smallest absolute Gasteiger partial charge is 0.311 e. The summed E-state index contributed by atoms with van der Waals surface area (Å²) in [5.74, 6) is -2.42. The molecule has 2 amide bonds. The molecule has 2 saturated heterocycles. The monoisotopic (exact) mass is 537 g/mol. The fourth-order valence-electron chi connectivity index (χ4n) is 6.44. The van der Waals surface area contributed by atoms with Gasteiger partial charge < -0.3 is 19.6 Å². The molecule has 4 aliphatic rings. The van der Waals surface area contributed by atoms with Gasteiger partial charge in [-0.25, -0.2) is 4.68 Å². The third-order valence-corrected chi connectivity index (χ3v) is 10.2. The number of likely N-dealkylation sites (tertiary alicyclic amines) is 1. The van der Waals surface area contributed by atoms with Crippen molar-refractivity contribution in [2.24, 2.45) is 17.8 Å². The molecule has 1 aromatic carbocycles. The number of carbonyl (C=O) groups excluding carboxylic acids is 3. The topological polar surface area (TPSA) is 118 Å². The molecule has 4 aliphatic heterocycles. The van der Waals surface area contributed by atoms with Gasteiger partial charge in [0, 0.05) is 11.8 Å². The Labute approximate surface area is 224 Å². The van der Waals surface area contributed by atoms with Crippen LogP contribution >= 0.6 is 11.8 Å². The number of carbonyl (C=O) groups is 3. The lowest BCUT2D eigenvalue weighted by atomic mass is 9.78. The van der Waals surface area contributed by atoms with Crippen LogP contribution in [0.3, 0.4) is 0 Å². The van der Waals surface area contributed by atoms with Crippen LogP contribution in [-0.2, 0) is 25.8 Å². The van der Waals surface area contributed by atoms with Crippen molar-refractivity contribution in [1.82, 2.24) is 24.8 Å². The number of aliphatic hydroxyl groups is 1. The van der Waals surface area contributed by atoms with Crippen molar-refractivity contribution < 1.29 is 24.2 Å². The number of ether oxygens (including phenoxy) is 1. The zero-order valence-corrected chi connectivity index (χ0v) is 22.2. The molecule has 2 aromatic rings. The summed E-state index contributed by atoms with van der Waals surface area (Å²) in [6.07, 6.45) is 8.35. The largest absolute Gasteiger partial charge is 0.461 e. The number of fused-ring (bicyclic) bond motifs is 3. The SMILES string of the molecule is CC[C@H](C)[C@H](CO)N1C(=O)[C@@H]2[C@H]3C(=O)OCC=C[C@H]3S[C@@]23C=CCN(Cn2nnc4ccccc42)C(=O)C13. The van der Waals surface area contributed by atoms with Gasteiger partial charge in [0.25, 0.3) is 0 Å². The Morgan fingerprint density at radius 3 is 2.82 bits per heavy atom. The Bertz CT molecular complexity index is 1340. The molecule has 1 aromatic heterocycles. The number of amides is 2. The summed E-state index contributed by atoms with van der Waals surface area (Å²) in [6.45, 7) is 4.37. The number of benzene rings is 1. The van der Waals surface area contributed by atoms with Crippen molar-refractivity contribution in [3.63, 3.8) is 0 Å². The number of aliphatic hydroxyl groups excluding tert-OH is 1. The molecular formula is C27H31N5O5S. The summed E-state index contributed by atoms with van der Waals surface area (Å²) >= 11 is 1.50. The molecule has 2 fully saturated rings. The standard InChI is InChI=1S/C27H31N5O5S/c1-3-16(2)19(14-33)32-23-25(35)30(15-31-18-9-5-4-8-17(18)28-29-31)12-7-11-27(23)22(24(32)34)21-20(38-27)10-6-13-37-26(21)36/h4-11,16,19-23,33H,3,12-15H2,1-2H3/t16-,19-,20+,21-,22-,23?,27-/m0/s1. The molecule has 0 saturated carbocycles. The molecule has 1 unspecified atom stereocenters. The summed E-state index contributed by atoms with van der Waals surface area (Å²) < 4.78 is 6.16. The quantitative estimate of drug-likeness (QED) is 0.436. The zero-order chi connectivity index (χ0) is 26.6. The number of thioether (sulfide) groups is 1. The van der Waals surface area contributed by atoms with Gasteiger partial charge in [-0.2, -0.15) is 0 Å². The van der Waals surface area contributed by atoms with Gasteiger partial charge in [0.2, 0.25) is 11.8 Å². The molecule has 6 rings (SSSR count). The number of hydrogen-bond acceptors (Lipinski definition) is 8. The Morgan fingerprint density at radius 2 is 2.03 bits per heavy atom. The van der Waals surface area contributed by atoms with E-state index >= 15 is 0 Å². The number of para-hydroxylation sites is 1. The lowest BCUT2D eigenvalue weighted by Crippen LogP contribution is -2.58. The molecule has 1 spiro atoms. The highest BCUT2D eigenvalue weighted by molar-refractivity contribution is 8.02. The van der Waals surface area contributed by atoms with Crippen LogP contribution < -0.4 is 0 Å². The minimum Gasteiger partial charge on any atom is -0.461 e. The predicted molar refractivity (Wildman–Crippen MR) is 141 cm³/mol. The molecule has 38 heavy (non-hydrogen) atoms. The van der Waals surface area contributed by atoms with Crippen molar-refractivity contribution in [3.8, 4) is 0 Å². The van der Waals surface area contributed by atoms with Crippen LogP contribution in [0.4, 0.5) is 0 Å². The maximum atomic E-state index is 14.5. The molecule has 1 N–H and O–H groups in total. The zero-order valence-electron chi connectivity index (χ0n) is 21.3. The molecule has 5 heterocycles. The Morgan fingerprint density at radius 1 is 1.21 bits per heavy atom. The second-order valence-corrected chi connectivity index (χ2v) is 12.0. The van der Waals surface area contributed by atoms with Crippen LogP contribution in [-0.4, -0.2) is 89.5 Å². The van der Waals surface area contributed by atoms with Gasteiger partial charge in [-0.1, -0.05) is 61.9 Å². The van der Waals surface area contributed by atoms with Crippen LogP contribution in [0, 0.1) is 17.8 Å². The first-order chi connectivity index (χ1) is 18.4. The van der Waals surface area contributed by atoms with Crippen LogP contribution in [0.5, 0.6) is 0 Å². The van der Waals surface area contributed by atoms with Crippen molar-refractivity contribution in [2.45, 2.75) is 49.0 Å². The minimum absolute atomic E-state index is 0.0469. The molecule has 10 nitrogen and oxygen atoms in total. The van der Waals surface area contributed by atoms with E-state index in [-0.39, 0.29) is 42.9 Å². The highest BCUT2D eigenvalue weighted by Crippen LogP contribution is 2.61. The van der Waals surface area contributed by atoms with Crippen LogP contribution in [0.15, 0.2) is 48.6 Å². The first kappa shape index (κ1) is 25.1. The van der Waals surface area contributed by atoms with Crippen molar-refractivity contribution in [1.29, 1.82) is 0 Å². The number of rotatable bonds is 6. The van der Waals surface area contributed by atoms with E-state index in [9.17, 15) is 19.5 Å². The minimum atomic E-state index is -0.954. The highest BCUT2D eigenvalue weighted by atomic mass is 32.2. The average molecular weight is 538 g/mol. The van der Waals surface area contributed by atoms with E-state index in [1.165, 1.54) is 11.8 Å². The molecule has 0 radical (unpaired) electrons. The summed E-state index contributed by atoms with van der Waals surface area (Å²) in [7, 11) is 0. The number of cyclic esters (lactones) is 1. The van der Waals surface area contributed by atoms with Gasteiger partial charge >= 0.3 is 5.97 Å². The van der Waals surface area contributed by atoms with Gasteiger partial charge in [-0.3, -0.25) is 14.4 Å². The second-order valence-electron chi connectivity index (χ2n) is 10.5. The number of nitrogens with zero attached hydrogens (tertiary/aromatic N) is 5. The molecule has 0 bridgehead atoms. The second kappa shape index (κ2) is 9.53. The average Bonchev–Trinajstić information content (AvgIpc) is 3.47. The Hall–Kier alpha value is -3.18. The van der Waals surface area contributed by atoms with Gasteiger partial charge in [-0.05, 0) is 18.1 Å². The number of aromatic nitrogens is 3. The maximum Gasteiger partial charge on any atom is 0.311 e. The third kappa shape index (κ3) is 3.62. The lowest BCUT2D eigenvalue weighted by Gasteiger charge is -2.40. The van der Waals surface area contributed by atoms with Gasteiger partial charge in [-0.15, -0.1) is 16.9 Å². The van der Waals surface area contributed by atoms with E-state index in [0.29, 0.717) is 6.54 Å². The van der Waals surface area contributed by atoms with Crippen LogP contribution in [0.1, 0.15) is 20.3 Å². The number of hydrogen-bond donors (Lipinski definition) is 1. The lowest BCUT2D eigenvalue weighted by molar-refractivity contribution is -0.152. The van der Waals surface area contributed by atoms with E-state index in [1.54, 1.807) is 14.5 Å². The van der Waals surface area contributed by atoms with Gasteiger partial charge in [0.15, 0.2) is 0 Å². The molecule has 200 valence electrons. The normalized spacial score (nSPS) is 32.0. The van der Waals surface area contributed by atoms with Crippen LogP contribution in [0.25, 0.3) is 11.0 Å². The summed E-state index contributed by atoms with van der Waals surface area (Å²) in [4.78, 5) is 45.1. The Kier molecular flexibility index (Phi) is 6.30. The Balaban J connectivity index is 1.44. The van der Waals surface area contributed by atoms with E-state index in [2.05, 4.69) is 10.3 Å². The van der Waals surface area contributed by atoms with Crippen LogP contribution in [0.2, 0.25) is 0 Å². The summed E-state index contributed by atoms with van der Waals surface area (Å²) in [6, 6.07) is 6.12. The first-order valence-electron chi connectivity index (χ1n) is 13.1. The van der Waals surface area contributed by atoms with Gasteiger partial charge in [0.1, 0.15) is 24.8 Å². The summed E-state index contributed by atoms with van der Waals surface area (Å²) in [5, 5.41) is 18.7. The molecule has 0 aliphatic carbocycles. The highest BCUT2D eigenvalue weighted by Gasteiger charge is 2.72. The molecule has 11 heteroatoms. The van der Waals surface area contributed by atoms with Crippen molar-refractivity contribution >= 4 is 40.6 Å². The van der Waals surface area contributed by atoms with Crippen molar-refractivity contribution in [2.75, 3.05) is 19.8 Å². The predicted octanol–water partition coefficient (Wildman–Crippen LogP) is 1.60. The number of esters is 1. The van der Waals surface area contributed by atoms with E-state index in [4.69, 9.17) is 4.74 Å². The first-order valence-corrected chi connectivity index (χ1v) is 14.0. The van der Waals surface area contributed by atoms with E-state index in [0.717, 1.165) is 17.5 Å². The maximum absolute atomic E-state index is 14.5. The molecular weight excluding hydrogens is 506 g/mol.